The van der Waals surface area contributed by atoms with E-state index in [1.165, 1.54) is 0 Å². The zero-order valence-corrected chi connectivity index (χ0v) is 16.6. The highest BCUT2D eigenvalue weighted by Crippen LogP contribution is 2.25. The van der Waals surface area contributed by atoms with Crippen molar-refractivity contribution in [1.82, 2.24) is 9.55 Å². The van der Waals surface area contributed by atoms with Gasteiger partial charge in [-0.05, 0) is 29.8 Å². The number of halogens is 1. The molecule has 0 amide bonds. The first-order valence-electron chi connectivity index (χ1n) is 8.42. The number of carboxylic acids is 2. The van der Waals surface area contributed by atoms with Gasteiger partial charge in [-0.15, -0.1) is 0 Å². The number of aromatic nitrogens is 2. The molecule has 8 nitrogen and oxygen atoms in total. The molecule has 0 unspecified atom stereocenters. The molecule has 9 heteroatoms. The van der Waals surface area contributed by atoms with E-state index in [-0.39, 0.29) is 0 Å². The summed E-state index contributed by atoms with van der Waals surface area (Å²) in [4.78, 5) is 22.7. The zero-order chi connectivity index (χ0) is 21.4. The average Bonchev–Trinajstić information content (AvgIpc) is 3.07. The van der Waals surface area contributed by atoms with Crippen molar-refractivity contribution >= 4 is 29.5 Å². The van der Waals surface area contributed by atoms with Crippen LogP contribution in [0.5, 0.6) is 5.75 Å². The predicted molar refractivity (Wildman–Crippen MR) is 109 cm³/mol. The van der Waals surface area contributed by atoms with E-state index < -0.39 is 11.9 Å². The van der Waals surface area contributed by atoms with Gasteiger partial charge in [0.25, 0.3) is 0 Å². The molecular weight excluding hydrogens is 398 g/mol. The van der Waals surface area contributed by atoms with Crippen LogP contribution in [0.2, 0.25) is 5.02 Å². The molecule has 0 radical (unpaired) electrons. The normalized spacial score (nSPS) is 9.90. The number of hydrogen-bond donors (Lipinski definition) is 3. The lowest BCUT2D eigenvalue weighted by atomic mass is 10.1. The Labute approximate surface area is 172 Å². The summed E-state index contributed by atoms with van der Waals surface area (Å²) in [6.45, 7) is 0.670. The van der Waals surface area contributed by atoms with Crippen molar-refractivity contribution in [2.24, 2.45) is 7.05 Å². The van der Waals surface area contributed by atoms with E-state index in [1.807, 2.05) is 66.3 Å². The van der Waals surface area contributed by atoms with Crippen molar-refractivity contribution in [2.45, 2.75) is 6.54 Å². The van der Waals surface area contributed by atoms with E-state index in [9.17, 15) is 0 Å². The molecule has 2 aromatic carbocycles. The van der Waals surface area contributed by atoms with Gasteiger partial charge in [-0.1, -0.05) is 35.9 Å². The minimum absolute atomic E-state index is 0.670. The van der Waals surface area contributed by atoms with Gasteiger partial charge in [-0.25, -0.2) is 14.6 Å². The summed E-state index contributed by atoms with van der Waals surface area (Å²) in [7, 11) is 3.66. The van der Waals surface area contributed by atoms with Crippen molar-refractivity contribution in [3.8, 4) is 17.0 Å². The second-order valence-electron chi connectivity index (χ2n) is 5.85. The number of nitrogens with one attached hydrogen (secondary N) is 1. The van der Waals surface area contributed by atoms with Gasteiger partial charge in [-0.3, -0.25) is 0 Å². The molecule has 0 saturated carbocycles. The average molecular weight is 418 g/mol. The molecular formula is C20H20ClN3O5. The van der Waals surface area contributed by atoms with E-state index in [1.54, 1.807) is 7.11 Å². The van der Waals surface area contributed by atoms with Crippen LogP contribution >= 0.6 is 11.6 Å². The largest absolute Gasteiger partial charge is 0.497 e. The first-order chi connectivity index (χ1) is 13.8. The van der Waals surface area contributed by atoms with Crippen LogP contribution in [0.4, 0.5) is 5.95 Å². The number of methoxy groups -OCH3 is 1. The summed E-state index contributed by atoms with van der Waals surface area (Å²) in [6, 6.07) is 15.7. The first-order valence-corrected chi connectivity index (χ1v) is 8.80. The van der Waals surface area contributed by atoms with Crippen LogP contribution in [-0.4, -0.2) is 38.8 Å². The molecule has 3 rings (SSSR count). The van der Waals surface area contributed by atoms with Gasteiger partial charge in [0, 0.05) is 24.2 Å². The van der Waals surface area contributed by atoms with E-state index in [0.717, 1.165) is 33.5 Å². The Kier molecular flexibility index (Phi) is 7.62. The van der Waals surface area contributed by atoms with Crippen LogP contribution in [0.1, 0.15) is 5.56 Å². The summed E-state index contributed by atoms with van der Waals surface area (Å²) in [6.07, 6.45) is 1.86. The minimum atomic E-state index is -1.82. The van der Waals surface area contributed by atoms with Crippen LogP contribution in [0.25, 0.3) is 11.3 Å². The van der Waals surface area contributed by atoms with Crippen molar-refractivity contribution in [3.63, 3.8) is 0 Å². The highest BCUT2D eigenvalue weighted by Gasteiger charge is 2.09. The standard InChI is InChI=1S/C18H18ClN3O.C2H2O4/c1-22-17(14-6-4-8-16(10-14)23-2)12-21-18(22)20-11-13-5-3-7-15(19)9-13;3-1(4)2(5)6/h3-10,12H,11H2,1-2H3,(H,20,21);(H,3,4)(H,5,6). The Balaban J connectivity index is 0.000000438. The number of hydrogen-bond acceptors (Lipinski definition) is 5. The minimum Gasteiger partial charge on any atom is -0.497 e. The lowest BCUT2D eigenvalue weighted by Crippen LogP contribution is -2.09. The monoisotopic (exact) mass is 417 g/mol. The van der Waals surface area contributed by atoms with Crippen LogP contribution in [-0.2, 0) is 23.2 Å². The second-order valence-corrected chi connectivity index (χ2v) is 6.29. The molecule has 0 atom stereocenters. The fraction of sp³-hybridized carbons (Fsp3) is 0.150. The quantitative estimate of drug-likeness (QED) is 0.544. The maximum atomic E-state index is 9.10. The second kappa shape index (κ2) is 10.1. The number of ether oxygens (including phenoxy) is 1. The molecule has 0 fully saturated rings. The Morgan fingerprint density at radius 3 is 2.45 bits per heavy atom. The Morgan fingerprint density at radius 2 is 1.83 bits per heavy atom. The third kappa shape index (κ3) is 6.25. The van der Waals surface area contributed by atoms with E-state index in [2.05, 4.69) is 10.3 Å². The molecule has 0 spiro atoms. The topological polar surface area (TPSA) is 114 Å². The van der Waals surface area contributed by atoms with Gasteiger partial charge in [0.05, 0.1) is 19.0 Å². The SMILES string of the molecule is COc1cccc(-c2cnc(NCc3cccc(Cl)c3)n2C)c1.O=C(O)C(=O)O. The summed E-state index contributed by atoms with van der Waals surface area (Å²) in [5.74, 6) is -2.01. The molecule has 0 bridgehead atoms. The molecule has 3 aromatic rings. The number of carboxylic acid groups (broad SMARTS) is 2. The number of rotatable bonds is 5. The summed E-state index contributed by atoms with van der Waals surface area (Å²) in [5, 5.41) is 18.9. The Morgan fingerprint density at radius 1 is 1.14 bits per heavy atom. The van der Waals surface area contributed by atoms with Gasteiger partial charge in [0.1, 0.15) is 5.75 Å². The Bertz CT molecular complexity index is 991. The maximum absolute atomic E-state index is 9.10. The number of imidazole rings is 1. The van der Waals surface area contributed by atoms with Gasteiger partial charge >= 0.3 is 11.9 Å². The van der Waals surface area contributed by atoms with E-state index in [4.69, 9.17) is 36.1 Å². The fourth-order valence-electron chi connectivity index (χ4n) is 2.45. The maximum Gasteiger partial charge on any atom is 0.414 e. The van der Waals surface area contributed by atoms with Crippen LogP contribution in [0.15, 0.2) is 54.7 Å². The van der Waals surface area contributed by atoms with Crippen LogP contribution < -0.4 is 10.1 Å². The number of anilines is 1. The summed E-state index contributed by atoms with van der Waals surface area (Å²) < 4.78 is 7.31. The molecule has 152 valence electrons. The number of nitrogens with zero attached hydrogens (tertiary/aromatic N) is 2. The first kappa shape index (κ1) is 21.8. The van der Waals surface area contributed by atoms with Gasteiger partial charge in [0.15, 0.2) is 0 Å². The highest BCUT2D eigenvalue weighted by molar-refractivity contribution is 6.30. The number of carbonyl (C=O) groups is 2. The van der Waals surface area contributed by atoms with Crippen LogP contribution in [0, 0.1) is 0 Å². The van der Waals surface area contributed by atoms with Gasteiger partial charge in [-0.2, -0.15) is 0 Å². The molecule has 1 heterocycles. The molecule has 0 aliphatic rings. The fourth-order valence-corrected chi connectivity index (χ4v) is 2.67. The predicted octanol–water partition coefficient (Wildman–Crippen LogP) is 3.52. The summed E-state index contributed by atoms with van der Waals surface area (Å²) in [5.41, 5.74) is 3.20. The smallest absolute Gasteiger partial charge is 0.414 e. The highest BCUT2D eigenvalue weighted by atomic mass is 35.5. The molecule has 3 N–H and O–H groups in total. The zero-order valence-electron chi connectivity index (χ0n) is 15.8. The lowest BCUT2D eigenvalue weighted by molar-refractivity contribution is -0.159. The van der Waals surface area contributed by atoms with E-state index in [0.29, 0.717) is 6.54 Å². The van der Waals surface area contributed by atoms with Gasteiger partial charge < -0.3 is 24.8 Å². The molecule has 0 aliphatic carbocycles. The lowest BCUT2D eigenvalue weighted by Gasteiger charge is -2.09. The third-order valence-electron chi connectivity index (χ3n) is 3.88. The van der Waals surface area contributed by atoms with Crippen molar-refractivity contribution < 1.29 is 24.5 Å². The van der Waals surface area contributed by atoms with Gasteiger partial charge in [0.2, 0.25) is 5.95 Å². The molecule has 29 heavy (non-hydrogen) atoms. The summed E-state index contributed by atoms with van der Waals surface area (Å²) >= 11 is 6.01. The van der Waals surface area contributed by atoms with E-state index >= 15 is 0 Å². The third-order valence-corrected chi connectivity index (χ3v) is 4.11. The molecule has 1 aromatic heterocycles. The number of aliphatic carboxylic acids is 2. The van der Waals surface area contributed by atoms with Crippen molar-refractivity contribution in [3.05, 3.63) is 65.3 Å². The van der Waals surface area contributed by atoms with Crippen LogP contribution in [0.3, 0.4) is 0 Å². The molecule has 0 aliphatic heterocycles. The van der Waals surface area contributed by atoms with Crippen molar-refractivity contribution in [1.29, 1.82) is 0 Å². The number of benzene rings is 2. The van der Waals surface area contributed by atoms with Crippen molar-refractivity contribution in [2.75, 3.05) is 12.4 Å². The molecule has 0 saturated heterocycles. The Hall–Kier alpha value is -3.52.